The van der Waals surface area contributed by atoms with Gasteiger partial charge in [0.1, 0.15) is 18.6 Å². The molecule has 0 bridgehead atoms. The molecule has 23 heavy (non-hydrogen) atoms. The first kappa shape index (κ1) is 14.6. The Morgan fingerprint density at radius 1 is 1.13 bits per heavy atom. The van der Waals surface area contributed by atoms with Crippen molar-refractivity contribution in [3.63, 3.8) is 0 Å². The lowest BCUT2D eigenvalue weighted by molar-refractivity contribution is -0.932. The highest BCUT2D eigenvalue weighted by atomic mass is 32.1. The molecule has 3 aromatic rings. The number of benzene rings is 1. The van der Waals surface area contributed by atoms with Crippen LogP contribution < -0.4 is 4.90 Å². The van der Waals surface area contributed by atoms with Crippen molar-refractivity contribution >= 4 is 22.2 Å². The largest absolute Gasteiger partial charge is 0.505 e. The molecule has 1 atom stereocenters. The normalized spacial score (nSPS) is 17.4. The molecule has 1 aliphatic heterocycles. The number of aromatic nitrogens is 1. The van der Waals surface area contributed by atoms with Crippen LogP contribution in [0.3, 0.4) is 0 Å². The molecular weight excluding hydrogens is 308 g/mol. The summed E-state index contributed by atoms with van der Waals surface area (Å²) >= 11 is 1.74. The van der Waals surface area contributed by atoms with Gasteiger partial charge in [0.15, 0.2) is 11.8 Å². The van der Waals surface area contributed by atoms with Crippen LogP contribution in [0.5, 0.6) is 5.75 Å². The molecule has 0 amide bonds. The van der Waals surface area contributed by atoms with Crippen LogP contribution in [0.25, 0.3) is 10.9 Å². The summed E-state index contributed by atoms with van der Waals surface area (Å²) in [5.41, 5.74) is 1.63. The van der Waals surface area contributed by atoms with E-state index in [4.69, 9.17) is 4.74 Å². The van der Waals surface area contributed by atoms with Crippen molar-refractivity contribution in [3.05, 3.63) is 58.4 Å². The lowest BCUT2D eigenvalue weighted by Gasteiger charge is -2.31. The highest BCUT2D eigenvalue weighted by Crippen LogP contribution is 2.34. The minimum Gasteiger partial charge on any atom is -0.505 e. The van der Waals surface area contributed by atoms with Crippen LogP contribution in [-0.4, -0.2) is 36.4 Å². The number of phenols is 1. The fraction of sp³-hybridized carbons (Fsp3) is 0.278. The Morgan fingerprint density at radius 2 is 2.00 bits per heavy atom. The minimum absolute atomic E-state index is 0.130. The third-order valence-electron chi connectivity index (χ3n) is 4.46. The van der Waals surface area contributed by atoms with Gasteiger partial charge in [-0.05, 0) is 23.6 Å². The monoisotopic (exact) mass is 327 g/mol. The molecule has 1 saturated heterocycles. The molecule has 1 aromatic carbocycles. The number of nitrogens with one attached hydrogen (secondary N) is 1. The molecule has 1 aliphatic rings. The van der Waals surface area contributed by atoms with Crippen LogP contribution in [0.1, 0.15) is 16.5 Å². The van der Waals surface area contributed by atoms with E-state index in [0.717, 1.165) is 37.3 Å². The molecule has 0 saturated carbocycles. The zero-order chi connectivity index (χ0) is 15.6. The van der Waals surface area contributed by atoms with Gasteiger partial charge >= 0.3 is 0 Å². The fourth-order valence-electron chi connectivity index (χ4n) is 3.33. The van der Waals surface area contributed by atoms with Crippen molar-refractivity contribution in [3.8, 4) is 5.75 Å². The predicted molar refractivity (Wildman–Crippen MR) is 91.1 cm³/mol. The van der Waals surface area contributed by atoms with E-state index < -0.39 is 0 Å². The summed E-state index contributed by atoms with van der Waals surface area (Å²) in [5, 5.41) is 13.9. The van der Waals surface area contributed by atoms with Crippen LogP contribution in [0.2, 0.25) is 0 Å². The van der Waals surface area contributed by atoms with Crippen molar-refractivity contribution < 1.29 is 14.7 Å². The van der Waals surface area contributed by atoms with Crippen LogP contribution in [0.4, 0.5) is 0 Å². The average molecular weight is 327 g/mol. The first-order valence-electron chi connectivity index (χ1n) is 7.87. The molecule has 2 aromatic heterocycles. The number of hydrogen-bond donors (Lipinski definition) is 2. The molecule has 5 heteroatoms. The van der Waals surface area contributed by atoms with Gasteiger partial charge in [-0.2, -0.15) is 0 Å². The molecule has 0 aliphatic carbocycles. The zero-order valence-corrected chi connectivity index (χ0v) is 13.6. The van der Waals surface area contributed by atoms with Crippen LogP contribution in [0.15, 0.2) is 48.0 Å². The molecule has 2 N–H and O–H groups in total. The van der Waals surface area contributed by atoms with E-state index in [1.807, 2.05) is 18.2 Å². The van der Waals surface area contributed by atoms with Crippen LogP contribution in [-0.2, 0) is 4.74 Å². The summed E-state index contributed by atoms with van der Waals surface area (Å²) in [4.78, 5) is 7.08. The van der Waals surface area contributed by atoms with E-state index in [0.29, 0.717) is 11.3 Å². The first-order valence-corrected chi connectivity index (χ1v) is 8.75. The van der Waals surface area contributed by atoms with Crippen LogP contribution >= 0.6 is 11.3 Å². The second-order valence-corrected chi connectivity index (χ2v) is 6.78. The summed E-state index contributed by atoms with van der Waals surface area (Å²) in [7, 11) is 0. The lowest BCUT2D eigenvalue weighted by atomic mass is 9.99. The standard InChI is InChI=1S/C18H18N2O2S/c21-18-14(6-5-13-3-1-7-19-16(13)18)17(15-4-2-12-23-15)20-8-10-22-11-9-20/h1-7,12,17,21H,8-11H2/p+1/t17-/m0/s1. The molecule has 0 unspecified atom stereocenters. The van der Waals surface area contributed by atoms with E-state index in [9.17, 15) is 5.11 Å². The number of thiophene rings is 1. The molecular formula is C18H19N2O2S+. The molecule has 4 nitrogen and oxygen atoms in total. The first-order chi connectivity index (χ1) is 11.3. The lowest BCUT2D eigenvalue weighted by Crippen LogP contribution is -3.14. The molecule has 0 spiro atoms. The second kappa shape index (κ2) is 6.28. The molecule has 0 radical (unpaired) electrons. The smallest absolute Gasteiger partial charge is 0.152 e. The minimum atomic E-state index is 0.130. The summed E-state index contributed by atoms with van der Waals surface area (Å²) in [5.74, 6) is 0.306. The van der Waals surface area contributed by atoms with Gasteiger partial charge in [0.2, 0.25) is 0 Å². The Bertz CT molecular complexity index is 798. The fourth-order valence-corrected chi connectivity index (χ4v) is 4.23. The van der Waals surface area contributed by atoms with E-state index in [2.05, 4.69) is 28.6 Å². The van der Waals surface area contributed by atoms with Gasteiger partial charge in [0.25, 0.3) is 0 Å². The molecule has 1 fully saturated rings. The van der Waals surface area contributed by atoms with Crippen molar-refractivity contribution in [2.75, 3.05) is 26.3 Å². The third-order valence-corrected chi connectivity index (χ3v) is 5.40. The summed E-state index contributed by atoms with van der Waals surface area (Å²) in [6.07, 6.45) is 1.73. The van der Waals surface area contributed by atoms with Crippen molar-refractivity contribution in [2.45, 2.75) is 6.04 Å². The number of quaternary nitrogens is 1. The maximum Gasteiger partial charge on any atom is 0.152 e. The maximum absolute atomic E-state index is 10.8. The number of ether oxygens (including phenoxy) is 1. The van der Waals surface area contributed by atoms with Gasteiger partial charge in [0, 0.05) is 11.6 Å². The van der Waals surface area contributed by atoms with Crippen LogP contribution in [0, 0.1) is 0 Å². The number of nitrogens with zero attached hydrogens (tertiary/aromatic N) is 1. The predicted octanol–water partition coefficient (Wildman–Crippen LogP) is 2.01. The number of pyridine rings is 1. The SMILES string of the molecule is Oc1c([C@@H](c2cccs2)[NH+]2CCOCC2)ccc2cccnc12. The van der Waals surface area contributed by atoms with Gasteiger partial charge in [-0.15, -0.1) is 11.3 Å². The van der Waals surface area contributed by atoms with Crippen molar-refractivity contribution in [1.29, 1.82) is 0 Å². The van der Waals surface area contributed by atoms with E-state index in [-0.39, 0.29) is 6.04 Å². The van der Waals surface area contributed by atoms with E-state index in [1.165, 1.54) is 9.78 Å². The zero-order valence-electron chi connectivity index (χ0n) is 12.7. The highest BCUT2D eigenvalue weighted by Gasteiger charge is 2.31. The summed E-state index contributed by atoms with van der Waals surface area (Å²) in [6.45, 7) is 3.43. The third kappa shape index (κ3) is 2.72. The maximum atomic E-state index is 10.8. The van der Waals surface area contributed by atoms with Gasteiger partial charge in [0.05, 0.1) is 23.7 Å². The van der Waals surface area contributed by atoms with Crippen molar-refractivity contribution in [1.82, 2.24) is 4.98 Å². The Morgan fingerprint density at radius 3 is 2.78 bits per heavy atom. The second-order valence-electron chi connectivity index (χ2n) is 5.80. The number of phenolic OH excluding ortho intramolecular Hbond substituents is 1. The van der Waals surface area contributed by atoms with Crippen molar-refractivity contribution in [2.24, 2.45) is 0 Å². The Balaban J connectivity index is 1.84. The topological polar surface area (TPSA) is 46.8 Å². The number of aromatic hydroxyl groups is 1. The van der Waals surface area contributed by atoms with Gasteiger partial charge < -0.3 is 14.7 Å². The highest BCUT2D eigenvalue weighted by molar-refractivity contribution is 7.10. The molecule has 4 rings (SSSR count). The number of fused-ring (bicyclic) bond motifs is 1. The Kier molecular flexibility index (Phi) is 3.99. The number of morpholine rings is 1. The van der Waals surface area contributed by atoms with Gasteiger partial charge in [-0.3, -0.25) is 4.98 Å². The number of rotatable bonds is 3. The van der Waals surface area contributed by atoms with E-state index >= 15 is 0 Å². The quantitative estimate of drug-likeness (QED) is 0.773. The van der Waals surface area contributed by atoms with Gasteiger partial charge in [-0.25, -0.2) is 0 Å². The number of hydrogen-bond acceptors (Lipinski definition) is 4. The average Bonchev–Trinajstić information content (AvgIpc) is 3.13. The van der Waals surface area contributed by atoms with Gasteiger partial charge in [-0.1, -0.05) is 18.2 Å². The summed E-state index contributed by atoms with van der Waals surface area (Å²) in [6, 6.07) is 12.3. The molecule has 118 valence electrons. The summed E-state index contributed by atoms with van der Waals surface area (Å²) < 4.78 is 5.51. The molecule has 3 heterocycles. The Hall–Kier alpha value is -1.95. The Labute approximate surface area is 139 Å². The van der Waals surface area contributed by atoms with E-state index in [1.54, 1.807) is 17.5 Å².